The van der Waals surface area contributed by atoms with Crippen LogP contribution in [0.15, 0.2) is 59.1 Å². The Bertz CT molecular complexity index is 929. The van der Waals surface area contributed by atoms with Gasteiger partial charge < -0.3 is 18.9 Å². The van der Waals surface area contributed by atoms with E-state index in [0.717, 1.165) is 22.3 Å². The summed E-state index contributed by atoms with van der Waals surface area (Å²) in [5, 5.41) is 13.6. The molecule has 0 bridgehead atoms. The Morgan fingerprint density at radius 1 is 0.815 bits per heavy atom. The van der Waals surface area contributed by atoms with E-state index >= 15 is 0 Å². The van der Waals surface area contributed by atoms with E-state index in [1.165, 1.54) is 0 Å². The van der Waals surface area contributed by atoms with Gasteiger partial charge in [-0.2, -0.15) is 0 Å². The van der Waals surface area contributed by atoms with E-state index < -0.39 is 0 Å². The molecule has 0 unspecified atom stereocenters. The summed E-state index contributed by atoms with van der Waals surface area (Å²) in [7, 11) is -0.381. The van der Waals surface area contributed by atoms with Crippen molar-refractivity contribution in [3.8, 4) is 28.3 Å². The standard InChI is InChI=1S/C21H22BNO4/c1-20(2)21(3,4)27-22(26-20)16-9-5-14(6-10-16)18-13-19(25-23-18)15-7-11-17(24)12-8-15/h5-13,24H,1-4H3. The number of hydrogen-bond donors (Lipinski definition) is 1. The van der Waals surface area contributed by atoms with Crippen molar-refractivity contribution >= 4 is 12.6 Å². The van der Waals surface area contributed by atoms with Gasteiger partial charge in [-0.25, -0.2) is 0 Å². The van der Waals surface area contributed by atoms with E-state index in [-0.39, 0.29) is 24.1 Å². The third-order valence-electron chi connectivity index (χ3n) is 5.39. The first-order chi connectivity index (χ1) is 12.7. The summed E-state index contributed by atoms with van der Waals surface area (Å²) in [6.45, 7) is 8.17. The lowest BCUT2D eigenvalue weighted by Gasteiger charge is -2.32. The van der Waals surface area contributed by atoms with Gasteiger partial charge in [0.2, 0.25) is 0 Å². The molecule has 4 rings (SSSR count). The molecule has 1 saturated heterocycles. The van der Waals surface area contributed by atoms with Crippen molar-refractivity contribution in [1.29, 1.82) is 0 Å². The zero-order chi connectivity index (χ0) is 19.2. The number of phenolic OH excluding ortho intramolecular Hbond substituents is 1. The van der Waals surface area contributed by atoms with Crippen LogP contribution in [-0.4, -0.2) is 28.6 Å². The fraction of sp³-hybridized carbons (Fsp3) is 0.286. The number of aromatic nitrogens is 1. The first-order valence-electron chi connectivity index (χ1n) is 8.97. The van der Waals surface area contributed by atoms with E-state index in [4.69, 9.17) is 13.8 Å². The van der Waals surface area contributed by atoms with Crippen molar-refractivity contribution in [3.05, 3.63) is 54.6 Å². The molecule has 0 amide bonds. The summed E-state index contributed by atoms with van der Waals surface area (Å²) in [5.41, 5.74) is 2.81. The Labute approximate surface area is 159 Å². The van der Waals surface area contributed by atoms with Gasteiger partial charge in [0.05, 0.1) is 11.2 Å². The number of aromatic hydroxyl groups is 1. The molecule has 1 N–H and O–H groups in total. The Kier molecular flexibility index (Phi) is 4.13. The minimum Gasteiger partial charge on any atom is -0.508 e. The first kappa shape index (κ1) is 17.8. The SMILES string of the molecule is CC1(C)OB(c2ccc(-c3cc(-c4ccc(O)cc4)on3)cc2)OC1(C)C. The highest BCUT2D eigenvalue weighted by atomic mass is 16.7. The van der Waals surface area contributed by atoms with Gasteiger partial charge in [0.25, 0.3) is 0 Å². The smallest absolute Gasteiger partial charge is 0.494 e. The minimum absolute atomic E-state index is 0.219. The molecule has 1 fully saturated rings. The van der Waals surface area contributed by atoms with Crippen LogP contribution in [0.5, 0.6) is 5.75 Å². The lowest BCUT2D eigenvalue weighted by molar-refractivity contribution is 0.00578. The molecule has 27 heavy (non-hydrogen) atoms. The van der Waals surface area contributed by atoms with Crippen LogP contribution in [0.1, 0.15) is 27.7 Å². The first-order valence-corrected chi connectivity index (χ1v) is 8.97. The van der Waals surface area contributed by atoms with Crippen molar-refractivity contribution in [2.45, 2.75) is 38.9 Å². The van der Waals surface area contributed by atoms with E-state index in [1.54, 1.807) is 24.3 Å². The van der Waals surface area contributed by atoms with Crippen LogP contribution in [0.4, 0.5) is 0 Å². The quantitative estimate of drug-likeness (QED) is 0.713. The molecule has 1 aromatic heterocycles. The largest absolute Gasteiger partial charge is 0.508 e. The summed E-state index contributed by atoms with van der Waals surface area (Å²) in [5.74, 6) is 0.872. The number of phenols is 1. The fourth-order valence-electron chi connectivity index (χ4n) is 2.96. The van der Waals surface area contributed by atoms with Gasteiger partial charge in [-0.05, 0) is 57.4 Å². The predicted molar refractivity (Wildman–Crippen MR) is 105 cm³/mol. The van der Waals surface area contributed by atoms with Crippen molar-refractivity contribution < 1.29 is 18.9 Å². The molecule has 0 aliphatic carbocycles. The zero-order valence-electron chi connectivity index (χ0n) is 15.9. The Morgan fingerprint density at radius 3 is 1.96 bits per heavy atom. The number of hydrogen-bond acceptors (Lipinski definition) is 5. The molecule has 0 saturated carbocycles. The number of nitrogens with zero attached hydrogens (tertiary/aromatic N) is 1. The Balaban J connectivity index is 1.54. The second-order valence-electron chi connectivity index (χ2n) is 7.83. The van der Waals surface area contributed by atoms with Gasteiger partial charge in [-0.15, -0.1) is 0 Å². The summed E-state index contributed by atoms with van der Waals surface area (Å²) in [6.07, 6.45) is 0. The third kappa shape index (κ3) is 3.26. The Hall–Kier alpha value is -2.57. The Morgan fingerprint density at radius 2 is 1.37 bits per heavy atom. The number of benzene rings is 2. The van der Waals surface area contributed by atoms with Gasteiger partial charge in [0.1, 0.15) is 11.4 Å². The van der Waals surface area contributed by atoms with Gasteiger partial charge in [0, 0.05) is 17.2 Å². The summed E-state index contributed by atoms with van der Waals surface area (Å²) in [6, 6.07) is 16.7. The van der Waals surface area contributed by atoms with E-state index in [9.17, 15) is 5.11 Å². The van der Waals surface area contributed by atoms with Crippen LogP contribution in [-0.2, 0) is 9.31 Å². The second-order valence-corrected chi connectivity index (χ2v) is 7.83. The average molecular weight is 363 g/mol. The van der Waals surface area contributed by atoms with Gasteiger partial charge in [-0.1, -0.05) is 29.4 Å². The van der Waals surface area contributed by atoms with E-state index in [1.807, 2.05) is 58.0 Å². The van der Waals surface area contributed by atoms with Crippen molar-refractivity contribution in [2.24, 2.45) is 0 Å². The highest BCUT2D eigenvalue weighted by Gasteiger charge is 2.51. The maximum atomic E-state index is 9.40. The average Bonchev–Trinajstić information content (AvgIpc) is 3.19. The topological polar surface area (TPSA) is 64.7 Å². The molecule has 1 aliphatic heterocycles. The van der Waals surface area contributed by atoms with Gasteiger partial charge in [0.15, 0.2) is 5.76 Å². The van der Waals surface area contributed by atoms with Crippen molar-refractivity contribution in [3.63, 3.8) is 0 Å². The van der Waals surface area contributed by atoms with E-state index in [2.05, 4.69) is 5.16 Å². The second kappa shape index (κ2) is 6.25. The molecule has 2 aromatic carbocycles. The lowest BCUT2D eigenvalue weighted by atomic mass is 9.79. The molecular weight excluding hydrogens is 341 g/mol. The molecule has 138 valence electrons. The fourth-order valence-corrected chi connectivity index (χ4v) is 2.96. The highest BCUT2D eigenvalue weighted by Crippen LogP contribution is 2.36. The predicted octanol–water partition coefficient (Wildman–Crippen LogP) is 4.01. The summed E-state index contributed by atoms with van der Waals surface area (Å²) >= 11 is 0. The zero-order valence-corrected chi connectivity index (χ0v) is 15.9. The molecule has 6 heteroatoms. The van der Waals surface area contributed by atoms with Gasteiger partial charge >= 0.3 is 7.12 Å². The molecular formula is C21H22BNO4. The maximum absolute atomic E-state index is 9.40. The molecule has 0 atom stereocenters. The molecule has 2 heterocycles. The molecule has 0 spiro atoms. The maximum Gasteiger partial charge on any atom is 0.494 e. The van der Waals surface area contributed by atoms with Gasteiger partial charge in [-0.3, -0.25) is 0 Å². The van der Waals surface area contributed by atoms with Crippen LogP contribution >= 0.6 is 0 Å². The van der Waals surface area contributed by atoms with Crippen LogP contribution in [0.2, 0.25) is 0 Å². The molecule has 0 radical (unpaired) electrons. The van der Waals surface area contributed by atoms with Crippen molar-refractivity contribution in [2.75, 3.05) is 0 Å². The van der Waals surface area contributed by atoms with Crippen molar-refractivity contribution in [1.82, 2.24) is 5.16 Å². The van der Waals surface area contributed by atoms with Crippen LogP contribution < -0.4 is 5.46 Å². The highest BCUT2D eigenvalue weighted by molar-refractivity contribution is 6.62. The molecule has 5 nitrogen and oxygen atoms in total. The monoisotopic (exact) mass is 363 g/mol. The summed E-state index contributed by atoms with van der Waals surface area (Å²) < 4.78 is 17.6. The third-order valence-corrected chi connectivity index (χ3v) is 5.39. The van der Waals surface area contributed by atoms with Crippen LogP contribution in [0.3, 0.4) is 0 Å². The summed E-state index contributed by atoms with van der Waals surface area (Å²) in [4.78, 5) is 0. The molecule has 1 aliphatic rings. The normalized spacial score (nSPS) is 18.0. The lowest BCUT2D eigenvalue weighted by Crippen LogP contribution is -2.41. The van der Waals surface area contributed by atoms with E-state index in [0.29, 0.717) is 5.76 Å². The van der Waals surface area contributed by atoms with Crippen LogP contribution in [0.25, 0.3) is 22.6 Å². The molecule has 3 aromatic rings. The van der Waals surface area contributed by atoms with Crippen LogP contribution in [0, 0.1) is 0 Å². The minimum atomic E-state index is -0.381. The number of rotatable bonds is 3.